The van der Waals surface area contributed by atoms with Crippen LogP contribution in [0.1, 0.15) is 13.3 Å². The first kappa shape index (κ1) is 6.08. The Balaban J connectivity index is 2.48. The summed E-state index contributed by atoms with van der Waals surface area (Å²) in [5, 5.41) is 8.36. The monoisotopic (exact) mass is 178 g/mol. The minimum Gasteiger partial charge on any atom is -0.481 e. The molecule has 46 valence electrons. The van der Waals surface area contributed by atoms with Crippen LogP contribution in [0.5, 0.6) is 0 Å². The van der Waals surface area contributed by atoms with Gasteiger partial charge in [0.1, 0.15) is 0 Å². The van der Waals surface area contributed by atoms with E-state index in [0.29, 0.717) is 0 Å². The number of halogens is 1. The van der Waals surface area contributed by atoms with E-state index in [9.17, 15) is 4.79 Å². The lowest BCUT2D eigenvalue weighted by Gasteiger charge is -1.92. The average Bonchev–Trinajstić information content (AvgIpc) is 2.13. The maximum absolute atomic E-state index is 10.1. The summed E-state index contributed by atoms with van der Waals surface area (Å²) in [6.07, 6.45) is 0.766. The maximum Gasteiger partial charge on any atom is 0.307 e. The van der Waals surface area contributed by atoms with Gasteiger partial charge in [0.25, 0.3) is 0 Å². The zero-order valence-corrected chi connectivity index (χ0v) is 6.10. The first-order chi connectivity index (χ1) is 3.54. The van der Waals surface area contributed by atoms with Crippen LogP contribution in [0.15, 0.2) is 0 Å². The Hall–Kier alpha value is -0.0500. The highest BCUT2D eigenvalue weighted by Gasteiger charge is 2.53. The topological polar surface area (TPSA) is 37.3 Å². The highest BCUT2D eigenvalue weighted by molar-refractivity contribution is 9.10. The van der Waals surface area contributed by atoms with Gasteiger partial charge in [-0.25, -0.2) is 0 Å². The lowest BCUT2D eigenvalue weighted by atomic mass is 10.3. The highest BCUT2D eigenvalue weighted by atomic mass is 79.9. The van der Waals surface area contributed by atoms with Crippen molar-refractivity contribution in [2.75, 3.05) is 0 Å². The number of hydrogen-bond acceptors (Lipinski definition) is 1. The van der Waals surface area contributed by atoms with Crippen LogP contribution in [0.4, 0.5) is 0 Å². The van der Waals surface area contributed by atoms with E-state index in [1.54, 1.807) is 0 Å². The molecule has 0 saturated heterocycles. The maximum atomic E-state index is 10.1. The quantitative estimate of drug-likeness (QED) is 0.615. The first-order valence-corrected chi connectivity index (χ1v) is 3.25. The number of carboxylic acid groups (broad SMARTS) is 1. The van der Waals surface area contributed by atoms with Crippen molar-refractivity contribution in [3.05, 3.63) is 0 Å². The molecule has 0 aromatic heterocycles. The van der Waals surface area contributed by atoms with Crippen molar-refractivity contribution in [2.45, 2.75) is 17.7 Å². The van der Waals surface area contributed by atoms with Crippen LogP contribution < -0.4 is 0 Å². The van der Waals surface area contributed by atoms with E-state index in [1.165, 1.54) is 0 Å². The van der Waals surface area contributed by atoms with Gasteiger partial charge in [-0.05, 0) is 13.3 Å². The minimum atomic E-state index is -0.690. The summed E-state index contributed by atoms with van der Waals surface area (Å²) in [5.74, 6) is -0.841. The molecule has 0 unspecified atom stereocenters. The predicted molar refractivity (Wildman–Crippen MR) is 33.1 cm³/mol. The van der Waals surface area contributed by atoms with Crippen LogP contribution in [-0.2, 0) is 4.79 Å². The van der Waals surface area contributed by atoms with Crippen LogP contribution in [0.2, 0.25) is 0 Å². The normalized spacial score (nSPS) is 44.0. The fraction of sp³-hybridized carbons (Fsp3) is 0.800. The van der Waals surface area contributed by atoms with Crippen LogP contribution in [-0.4, -0.2) is 15.4 Å². The second kappa shape index (κ2) is 1.47. The minimum absolute atomic E-state index is 0.0984. The molecule has 0 radical (unpaired) electrons. The van der Waals surface area contributed by atoms with Crippen molar-refractivity contribution in [3.8, 4) is 0 Å². The molecule has 1 aliphatic carbocycles. The van der Waals surface area contributed by atoms with E-state index < -0.39 is 5.97 Å². The summed E-state index contributed by atoms with van der Waals surface area (Å²) < 4.78 is -0.0984. The SMILES string of the molecule is C[C@@]1(Br)C[C@@H]1C(=O)O. The third kappa shape index (κ3) is 0.869. The summed E-state index contributed by atoms with van der Waals surface area (Å²) in [5.41, 5.74) is 0. The fourth-order valence-corrected chi connectivity index (χ4v) is 1.20. The Morgan fingerprint density at radius 1 is 2.00 bits per heavy atom. The third-order valence-electron chi connectivity index (χ3n) is 1.47. The Morgan fingerprint density at radius 2 is 2.38 bits per heavy atom. The van der Waals surface area contributed by atoms with E-state index >= 15 is 0 Å². The molecule has 0 aliphatic heterocycles. The second-order valence-electron chi connectivity index (χ2n) is 2.37. The number of aliphatic carboxylic acids is 1. The Labute approximate surface area is 56.0 Å². The summed E-state index contributed by atoms with van der Waals surface area (Å²) in [4.78, 5) is 10.1. The summed E-state index contributed by atoms with van der Waals surface area (Å²) in [6.45, 7) is 1.89. The van der Waals surface area contributed by atoms with Gasteiger partial charge in [0.05, 0.1) is 5.92 Å². The van der Waals surface area contributed by atoms with Crippen LogP contribution in [0.3, 0.4) is 0 Å². The molecule has 2 atom stereocenters. The molecule has 1 fully saturated rings. The largest absolute Gasteiger partial charge is 0.481 e. The lowest BCUT2D eigenvalue weighted by Crippen LogP contribution is -2.04. The molecule has 2 nitrogen and oxygen atoms in total. The third-order valence-corrected chi connectivity index (χ3v) is 2.34. The van der Waals surface area contributed by atoms with Crippen LogP contribution >= 0.6 is 15.9 Å². The van der Waals surface area contributed by atoms with Gasteiger partial charge in [-0.3, -0.25) is 4.79 Å². The first-order valence-electron chi connectivity index (χ1n) is 2.46. The van der Waals surface area contributed by atoms with Gasteiger partial charge in [-0.2, -0.15) is 0 Å². The average molecular weight is 179 g/mol. The van der Waals surface area contributed by atoms with Crippen molar-refractivity contribution in [1.29, 1.82) is 0 Å². The molecule has 1 N–H and O–H groups in total. The molecular formula is C5H7BrO2. The Kier molecular flexibility index (Phi) is 1.11. The van der Waals surface area contributed by atoms with E-state index in [1.807, 2.05) is 6.92 Å². The lowest BCUT2D eigenvalue weighted by molar-refractivity contribution is -0.138. The standard InChI is InChI=1S/C5H7BrO2/c1-5(6)2-3(5)4(7)8/h3H,2H2,1H3,(H,7,8)/t3-,5-/m1/s1. The second-order valence-corrected chi connectivity index (χ2v) is 4.18. The van der Waals surface area contributed by atoms with Crippen molar-refractivity contribution in [3.63, 3.8) is 0 Å². The van der Waals surface area contributed by atoms with Gasteiger partial charge in [0, 0.05) is 4.32 Å². The Bertz CT molecular complexity index is 130. The summed E-state index contributed by atoms with van der Waals surface area (Å²) in [6, 6.07) is 0. The van der Waals surface area contributed by atoms with Crippen molar-refractivity contribution < 1.29 is 9.90 Å². The smallest absolute Gasteiger partial charge is 0.307 e. The van der Waals surface area contributed by atoms with E-state index in [0.717, 1.165) is 6.42 Å². The molecule has 0 bridgehead atoms. The van der Waals surface area contributed by atoms with Gasteiger partial charge in [0.15, 0.2) is 0 Å². The highest BCUT2D eigenvalue weighted by Crippen LogP contribution is 2.50. The van der Waals surface area contributed by atoms with E-state index in [-0.39, 0.29) is 10.2 Å². The van der Waals surface area contributed by atoms with Gasteiger partial charge in [-0.15, -0.1) is 0 Å². The molecule has 3 heteroatoms. The molecule has 0 aromatic carbocycles. The molecule has 0 heterocycles. The summed E-state index contributed by atoms with van der Waals surface area (Å²) >= 11 is 3.27. The number of hydrogen-bond donors (Lipinski definition) is 1. The van der Waals surface area contributed by atoms with Gasteiger partial charge >= 0.3 is 5.97 Å². The molecule has 0 aromatic rings. The van der Waals surface area contributed by atoms with Crippen LogP contribution in [0, 0.1) is 5.92 Å². The van der Waals surface area contributed by atoms with Crippen molar-refractivity contribution >= 4 is 21.9 Å². The van der Waals surface area contributed by atoms with Gasteiger partial charge in [-0.1, -0.05) is 15.9 Å². The predicted octanol–water partition coefficient (Wildman–Crippen LogP) is 1.24. The van der Waals surface area contributed by atoms with Gasteiger partial charge < -0.3 is 5.11 Å². The fourth-order valence-electron chi connectivity index (χ4n) is 0.685. The molecular weight excluding hydrogens is 172 g/mol. The molecule has 0 spiro atoms. The van der Waals surface area contributed by atoms with Gasteiger partial charge in [0.2, 0.25) is 0 Å². The van der Waals surface area contributed by atoms with E-state index in [2.05, 4.69) is 15.9 Å². The molecule has 1 aliphatic rings. The van der Waals surface area contributed by atoms with E-state index in [4.69, 9.17) is 5.11 Å². The molecule has 1 rings (SSSR count). The molecule has 0 amide bonds. The number of carboxylic acids is 1. The van der Waals surface area contributed by atoms with Crippen LogP contribution in [0.25, 0.3) is 0 Å². The van der Waals surface area contributed by atoms with Crippen molar-refractivity contribution in [2.24, 2.45) is 5.92 Å². The number of rotatable bonds is 1. The number of alkyl halides is 1. The number of carbonyl (C=O) groups is 1. The Morgan fingerprint density at radius 3 is 2.38 bits per heavy atom. The molecule has 1 saturated carbocycles. The zero-order chi connectivity index (χ0) is 6.36. The zero-order valence-electron chi connectivity index (χ0n) is 4.52. The summed E-state index contributed by atoms with van der Waals surface area (Å²) in [7, 11) is 0. The molecule has 8 heavy (non-hydrogen) atoms. The van der Waals surface area contributed by atoms with Crippen molar-refractivity contribution in [1.82, 2.24) is 0 Å².